The molecular formula is C25H22O3. The summed E-state index contributed by atoms with van der Waals surface area (Å²) in [7, 11) is 1.41. The van der Waals surface area contributed by atoms with Crippen molar-refractivity contribution in [1.82, 2.24) is 0 Å². The molecule has 0 amide bonds. The molecule has 3 aromatic rings. The Morgan fingerprint density at radius 3 is 2.32 bits per heavy atom. The Kier molecular flexibility index (Phi) is 6.87. The molecule has 0 heterocycles. The highest BCUT2D eigenvalue weighted by atomic mass is 16.5. The van der Waals surface area contributed by atoms with Gasteiger partial charge in [0.2, 0.25) is 0 Å². The molecule has 28 heavy (non-hydrogen) atoms. The van der Waals surface area contributed by atoms with Crippen molar-refractivity contribution in [3.63, 3.8) is 0 Å². The van der Waals surface area contributed by atoms with E-state index in [1.807, 2.05) is 78.9 Å². The third-order valence-corrected chi connectivity index (χ3v) is 4.23. The highest BCUT2D eigenvalue weighted by Crippen LogP contribution is 2.15. The van der Waals surface area contributed by atoms with Crippen molar-refractivity contribution in [2.75, 3.05) is 7.11 Å². The molecule has 0 aliphatic carbocycles. The molecular weight excluding hydrogens is 348 g/mol. The molecule has 0 atom stereocenters. The van der Waals surface area contributed by atoms with Crippen LogP contribution in [-0.4, -0.2) is 13.1 Å². The average molecular weight is 370 g/mol. The smallest absolute Gasteiger partial charge is 0.305 e. The molecule has 0 spiro atoms. The van der Waals surface area contributed by atoms with Gasteiger partial charge in [-0.1, -0.05) is 60.4 Å². The maximum Gasteiger partial charge on any atom is 0.305 e. The first-order valence-electron chi connectivity index (χ1n) is 9.17. The largest absolute Gasteiger partial charge is 0.489 e. The van der Waals surface area contributed by atoms with Crippen LogP contribution in [0.5, 0.6) is 5.75 Å². The molecule has 0 N–H and O–H groups in total. The summed E-state index contributed by atoms with van der Waals surface area (Å²) in [4.78, 5) is 11.2. The van der Waals surface area contributed by atoms with Crippen LogP contribution in [0.1, 0.15) is 28.7 Å². The van der Waals surface area contributed by atoms with E-state index in [0.29, 0.717) is 19.4 Å². The Balaban J connectivity index is 1.60. The lowest BCUT2D eigenvalue weighted by Crippen LogP contribution is -2.01. The standard InChI is InChI=1S/C25H22O3/c1-27-25(26)17-16-21-12-10-20(11-13-21)14-15-22-8-5-9-24(18-22)28-19-23-6-3-2-4-7-23/h2-13,18H,16-17,19H2,1H3. The number of aryl methyl sites for hydroxylation is 1. The van der Waals surface area contributed by atoms with E-state index in [0.717, 1.165) is 28.0 Å². The minimum atomic E-state index is -0.196. The fourth-order valence-corrected chi connectivity index (χ4v) is 2.65. The van der Waals surface area contributed by atoms with Crippen LogP contribution < -0.4 is 4.74 Å². The number of methoxy groups -OCH3 is 1. The number of benzene rings is 3. The van der Waals surface area contributed by atoms with Crippen molar-refractivity contribution >= 4 is 5.97 Å². The Labute approximate surface area is 165 Å². The zero-order valence-electron chi connectivity index (χ0n) is 15.9. The highest BCUT2D eigenvalue weighted by molar-refractivity contribution is 5.69. The maximum absolute atomic E-state index is 11.2. The normalized spacial score (nSPS) is 9.89. The second kappa shape index (κ2) is 9.99. The van der Waals surface area contributed by atoms with Crippen LogP contribution >= 0.6 is 0 Å². The second-order valence-corrected chi connectivity index (χ2v) is 6.33. The number of hydrogen-bond donors (Lipinski definition) is 0. The van der Waals surface area contributed by atoms with Gasteiger partial charge in [-0.2, -0.15) is 0 Å². The number of hydrogen-bond acceptors (Lipinski definition) is 3. The molecule has 0 aliphatic heterocycles. The van der Waals surface area contributed by atoms with Gasteiger partial charge in [0.25, 0.3) is 0 Å². The van der Waals surface area contributed by atoms with Crippen molar-refractivity contribution in [2.45, 2.75) is 19.4 Å². The first kappa shape index (κ1) is 19.3. The second-order valence-electron chi connectivity index (χ2n) is 6.33. The number of esters is 1. The quantitative estimate of drug-likeness (QED) is 0.463. The van der Waals surface area contributed by atoms with Crippen LogP contribution in [0, 0.1) is 11.8 Å². The average Bonchev–Trinajstić information content (AvgIpc) is 2.76. The van der Waals surface area contributed by atoms with Crippen LogP contribution in [0.3, 0.4) is 0 Å². The molecule has 3 aromatic carbocycles. The van der Waals surface area contributed by atoms with Crippen LogP contribution in [0.25, 0.3) is 0 Å². The van der Waals surface area contributed by atoms with Crippen molar-refractivity contribution in [3.8, 4) is 17.6 Å². The van der Waals surface area contributed by atoms with Gasteiger partial charge in [0, 0.05) is 17.5 Å². The van der Waals surface area contributed by atoms with Gasteiger partial charge in [-0.15, -0.1) is 0 Å². The van der Waals surface area contributed by atoms with E-state index >= 15 is 0 Å². The maximum atomic E-state index is 11.2. The van der Waals surface area contributed by atoms with Crippen LogP contribution in [-0.2, 0) is 22.6 Å². The third kappa shape index (κ3) is 6.03. The summed E-state index contributed by atoms with van der Waals surface area (Å²) >= 11 is 0. The lowest BCUT2D eigenvalue weighted by atomic mass is 10.1. The van der Waals surface area contributed by atoms with Gasteiger partial charge in [0.15, 0.2) is 0 Å². The SMILES string of the molecule is COC(=O)CCc1ccc(C#Cc2cccc(OCc3ccccc3)c2)cc1. The zero-order chi connectivity index (χ0) is 19.6. The lowest BCUT2D eigenvalue weighted by molar-refractivity contribution is -0.140. The van der Waals surface area contributed by atoms with Gasteiger partial charge in [-0.05, 0) is 47.9 Å². The first-order chi connectivity index (χ1) is 13.7. The molecule has 3 rings (SSSR count). The summed E-state index contributed by atoms with van der Waals surface area (Å²) in [6, 6.07) is 25.8. The predicted octanol–water partition coefficient (Wildman–Crippen LogP) is 4.77. The molecule has 0 aliphatic rings. The van der Waals surface area contributed by atoms with Gasteiger partial charge in [0.1, 0.15) is 12.4 Å². The number of carbonyl (C=O) groups excluding carboxylic acids is 1. The van der Waals surface area contributed by atoms with Crippen molar-refractivity contribution in [2.24, 2.45) is 0 Å². The minimum Gasteiger partial charge on any atom is -0.489 e. The van der Waals surface area contributed by atoms with E-state index in [9.17, 15) is 4.79 Å². The van der Waals surface area contributed by atoms with Crippen molar-refractivity contribution in [3.05, 3.63) is 101 Å². The number of rotatable bonds is 6. The monoisotopic (exact) mass is 370 g/mol. The zero-order valence-corrected chi connectivity index (χ0v) is 15.9. The predicted molar refractivity (Wildman–Crippen MR) is 110 cm³/mol. The summed E-state index contributed by atoms with van der Waals surface area (Å²) in [5, 5.41) is 0. The van der Waals surface area contributed by atoms with Crippen LogP contribution in [0.15, 0.2) is 78.9 Å². The molecule has 0 fully saturated rings. The van der Waals surface area contributed by atoms with Crippen LogP contribution in [0.4, 0.5) is 0 Å². The molecule has 0 unspecified atom stereocenters. The summed E-state index contributed by atoms with van der Waals surface area (Å²) in [5.74, 6) is 6.95. The number of carbonyl (C=O) groups is 1. The molecule has 0 radical (unpaired) electrons. The lowest BCUT2D eigenvalue weighted by Gasteiger charge is -2.06. The van der Waals surface area contributed by atoms with E-state index in [-0.39, 0.29) is 5.97 Å². The Bertz CT molecular complexity index is 964. The molecule has 3 nitrogen and oxygen atoms in total. The molecule has 0 saturated carbocycles. The van der Waals surface area contributed by atoms with Crippen LogP contribution in [0.2, 0.25) is 0 Å². The van der Waals surface area contributed by atoms with Gasteiger partial charge in [-0.3, -0.25) is 4.79 Å². The Morgan fingerprint density at radius 1 is 0.821 bits per heavy atom. The van der Waals surface area contributed by atoms with Gasteiger partial charge >= 0.3 is 5.97 Å². The molecule has 140 valence electrons. The summed E-state index contributed by atoms with van der Waals surface area (Å²) in [5.41, 5.74) is 4.05. The summed E-state index contributed by atoms with van der Waals surface area (Å²) < 4.78 is 10.5. The minimum absolute atomic E-state index is 0.196. The van der Waals surface area contributed by atoms with E-state index < -0.39 is 0 Å². The van der Waals surface area contributed by atoms with Gasteiger partial charge in [-0.25, -0.2) is 0 Å². The fraction of sp³-hybridized carbons (Fsp3) is 0.160. The van der Waals surface area contributed by atoms with Crippen molar-refractivity contribution < 1.29 is 14.3 Å². The molecule has 0 bridgehead atoms. The molecule has 0 saturated heterocycles. The Hall–Kier alpha value is -3.51. The first-order valence-corrected chi connectivity index (χ1v) is 9.17. The van der Waals surface area contributed by atoms with E-state index in [4.69, 9.17) is 4.74 Å². The summed E-state index contributed by atoms with van der Waals surface area (Å²) in [6.07, 6.45) is 1.05. The van der Waals surface area contributed by atoms with E-state index in [2.05, 4.69) is 16.6 Å². The molecule has 3 heteroatoms. The van der Waals surface area contributed by atoms with Crippen molar-refractivity contribution in [1.29, 1.82) is 0 Å². The van der Waals surface area contributed by atoms with E-state index in [1.165, 1.54) is 7.11 Å². The fourth-order valence-electron chi connectivity index (χ4n) is 2.65. The highest BCUT2D eigenvalue weighted by Gasteiger charge is 2.01. The van der Waals surface area contributed by atoms with E-state index in [1.54, 1.807) is 0 Å². The third-order valence-electron chi connectivity index (χ3n) is 4.23. The topological polar surface area (TPSA) is 35.5 Å². The molecule has 0 aromatic heterocycles. The number of ether oxygens (including phenoxy) is 2. The van der Waals surface area contributed by atoms with Gasteiger partial charge < -0.3 is 9.47 Å². The Morgan fingerprint density at radius 2 is 1.57 bits per heavy atom. The van der Waals surface area contributed by atoms with Gasteiger partial charge in [0.05, 0.1) is 7.11 Å². The summed E-state index contributed by atoms with van der Waals surface area (Å²) in [6.45, 7) is 0.532.